The maximum absolute atomic E-state index is 14.1. The number of hydrogen-bond acceptors (Lipinski definition) is 12. The second kappa shape index (κ2) is 12.6. The molecule has 6 atom stereocenters. The van der Waals surface area contributed by atoms with Crippen LogP contribution >= 0.6 is 7.75 Å². The van der Waals surface area contributed by atoms with Crippen LogP contribution in [0.15, 0.2) is 48.8 Å². The topological polar surface area (TPSA) is 204 Å². The summed E-state index contributed by atoms with van der Waals surface area (Å²) in [5.41, 5.74) is 4.46. The van der Waals surface area contributed by atoms with Crippen molar-refractivity contribution < 1.29 is 38.1 Å². The van der Waals surface area contributed by atoms with E-state index in [2.05, 4.69) is 22.1 Å². The molecule has 14 nitrogen and oxygen atoms in total. The van der Waals surface area contributed by atoms with E-state index < -0.39 is 50.3 Å². The third-order valence-corrected chi connectivity index (χ3v) is 9.43. The molecule has 43 heavy (non-hydrogen) atoms. The van der Waals surface area contributed by atoms with E-state index >= 15 is 0 Å². The summed E-state index contributed by atoms with van der Waals surface area (Å²) < 4.78 is 38.3. The maximum atomic E-state index is 14.1. The lowest BCUT2D eigenvalue weighted by atomic mass is 9.89. The number of ether oxygens (including phenoxy) is 2. The van der Waals surface area contributed by atoms with Crippen LogP contribution in [0.1, 0.15) is 51.3 Å². The van der Waals surface area contributed by atoms with Crippen molar-refractivity contribution in [3.63, 3.8) is 0 Å². The Hall–Kier alpha value is -3.57. The van der Waals surface area contributed by atoms with Gasteiger partial charge in [0.1, 0.15) is 60.7 Å². The molecule has 1 aliphatic heterocycles. The summed E-state index contributed by atoms with van der Waals surface area (Å²) >= 11 is 0. The zero-order valence-corrected chi connectivity index (χ0v) is 24.7. The van der Waals surface area contributed by atoms with E-state index in [1.165, 1.54) is 29.9 Å². The number of nitriles is 1. The van der Waals surface area contributed by atoms with Crippen molar-refractivity contribution in [2.45, 2.75) is 75.6 Å². The molecule has 0 spiro atoms. The lowest BCUT2D eigenvalue weighted by Crippen LogP contribution is -2.46. The van der Waals surface area contributed by atoms with Gasteiger partial charge in [-0.25, -0.2) is 14.1 Å². The highest BCUT2D eigenvalue weighted by molar-refractivity contribution is 7.52. The molecule has 0 radical (unpaired) electrons. The van der Waals surface area contributed by atoms with E-state index in [9.17, 15) is 24.8 Å². The Morgan fingerprint density at radius 2 is 1.98 bits per heavy atom. The van der Waals surface area contributed by atoms with E-state index in [4.69, 9.17) is 24.3 Å². The van der Waals surface area contributed by atoms with Crippen LogP contribution in [0.2, 0.25) is 0 Å². The van der Waals surface area contributed by atoms with Crippen LogP contribution in [0.5, 0.6) is 5.75 Å². The highest BCUT2D eigenvalue weighted by atomic mass is 31.2. The third kappa shape index (κ3) is 6.52. The molecule has 2 fully saturated rings. The number of carbonyl (C=O) groups is 1. The molecule has 2 aliphatic rings. The normalized spacial score (nSPS) is 29.4. The van der Waals surface area contributed by atoms with Crippen LogP contribution in [-0.2, 0) is 23.4 Å². The van der Waals surface area contributed by atoms with Gasteiger partial charge in [-0.2, -0.15) is 15.4 Å². The van der Waals surface area contributed by atoms with Crippen LogP contribution in [0.3, 0.4) is 0 Å². The van der Waals surface area contributed by atoms with Crippen LogP contribution in [-0.4, -0.2) is 67.3 Å². The number of fused-ring (bicyclic) bond motifs is 1. The van der Waals surface area contributed by atoms with E-state index in [1.807, 2.05) is 6.07 Å². The predicted octanol–water partition coefficient (Wildman–Crippen LogP) is 2.67. The van der Waals surface area contributed by atoms with Gasteiger partial charge < -0.3 is 29.9 Å². The van der Waals surface area contributed by atoms with Crippen molar-refractivity contribution in [3.05, 3.63) is 54.5 Å². The van der Waals surface area contributed by atoms with E-state index in [0.29, 0.717) is 17.1 Å². The number of anilines is 1. The van der Waals surface area contributed by atoms with Crippen molar-refractivity contribution in [2.75, 3.05) is 12.3 Å². The first-order valence-electron chi connectivity index (χ1n) is 14.0. The zero-order valence-electron chi connectivity index (χ0n) is 23.8. The van der Waals surface area contributed by atoms with Crippen molar-refractivity contribution in [3.8, 4) is 11.8 Å². The number of aliphatic hydroxyl groups is 2. The fourth-order valence-corrected chi connectivity index (χ4v) is 6.79. The van der Waals surface area contributed by atoms with Gasteiger partial charge in [0, 0.05) is 0 Å². The Bertz CT molecular complexity index is 1520. The molecule has 3 aromatic rings. The second-order valence-corrected chi connectivity index (χ2v) is 12.7. The van der Waals surface area contributed by atoms with Crippen LogP contribution in [0.4, 0.5) is 5.82 Å². The molecule has 1 saturated heterocycles. The summed E-state index contributed by atoms with van der Waals surface area (Å²) in [5.74, 6) is 0.276. The summed E-state index contributed by atoms with van der Waals surface area (Å²) in [5, 5.41) is 38.8. The van der Waals surface area contributed by atoms with Gasteiger partial charge in [0.05, 0.1) is 5.69 Å². The van der Waals surface area contributed by atoms with E-state index in [1.54, 1.807) is 30.3 Å². The summed E-state index contributed by atoms with van der Waals surface area (Å²) in [6, 6.07) is 12.0. The molecule has 1 aliphatic carbocycles. The van der Waals surface area contributed by atoms with Gasteiger partial charge in [-0.3, -0.25) is 9.32 Å². The molecule has 2 aromatic heterocycles. The van der Waals surface area contributed by atoms with Crippen LogP contribution in [0.25, 0.3) is 5.52 Å². The highest BCUT2D eigenvalue weighted by Gasteiger charge is 2.57. The largest absolute Gasteiger partial charge is 0.461 e. The molecule has 1 unspecified atom stereocenters. The molecule has 5 N–H and O–H groups in total. The first-order chi connectivity index (χ1) is 20.5. The standard InChI is InChI=1S/C28H35N6O8P/c1-17-8-10-19(11-9-17)40-27(37)18(2)33-43(38,42-20-6-4-3-5-7-20)39-15-28(14-29)25(36)23(35)24(41-28)21-12-13-22-26(30)31-16-32-34(21)22/h3-7,12-13,16-19,23-25,35-36H,8-11,15H2,1-2H3,(H,33,38)(H2,30,31,32)/t17?,18-,19?,23-,24-,25-,28+,43?/m0/s1. The average molecular weight is 615 g/mol. The lowest BCUT2D eigenvalue weighted by Gasteiger charge is -2.29. The molecule has 1 aromatic carbocycles. The van der Waals surface area contributed by atoms with Gasteiger partial charge in [-0.1, -0.05) is 25.1 Å². The Balaban J connectivity index is 1.34. The first kappa shape index (κ1) is 30.9. The first-order valence-corrected chi connectivity index (χ1v) is 15.6. The van der Waals surface area contributed by atoms with Crippen LogP contribution < -0.4 is 15.3 Å². The Kier molecular flexibility index (Phi) is 9.03. The highest BCUT2D eigenvalue weighted by Crippen LogP contribution is 2.48. The van der Waals surface area contributed by atoms with E-state index in [-0.39, 0.29) is 17.7 Å². The molecule has 0 amide bonds. The molecular weight excluding hydrogens is 579 g/mol. The summed E-state index contributed by atoms with van der Waals surface area (Å²) in [7, 11) is -4.41. The smallest absolute Gasteiger partial charge is 0.459 e. The minimum atomic E-state index is -4.41. The maximum Gasteiger partial charge on any atom is 0.459 e. The monoisotopic (exact) mass is 614 g/mol. The van der Waals surface area contributed by atoms with Gasteiger partial charge in [-0.15, -0.1) is 0 Å². The second-order valence-electron chi connectivity index (χ2n) is 11.0. The Morgan fingerprint density at radius 3 is 2.67 bits per heavy atom. The average Bonchev–Trinajstić information content (AvgIpc) is 3.53. The number of benzene rings is 1. The lowest BCUT2D eigenvalue weighted by molar-refractivity contribution is -0.152. The third-order valence-electron chi connectivity index (χ3n) is 7.81. The van der Waals surface area contributed by atoms with Crippen molar-refractivity contribution in [1.29, 1.82) is 5.26 Å². The number of hydrogen-bond donors (Lipinski definition) is 4. The van der Waals surface area contributed by atoms with Gasteiger partial charge in [0.15, 0.2) is 5.82 Å². The number of aromatic nitrogens is 3. The number of carbonyl (C=O) groups excluding carboxylic acids is 1. The summed E-state index contributed by atoms with van der Waals surface area (Å²) in [6.45, 7) is 2.82. The number of aliphatic hydroxyl groups excluding tert-OH is 2. The SMILES string of the molecule is CC1CCC(OC(=O)[C@H](C)NP(=O)(OC[C@@]2(C#N)O[C@@H](c3ccc4c(N)ncnn34)[C@H](O)[C@@H]2O)Oc2ccccc2)CC1. The number of nitrogens with zero attached hydrogens (tertiary/aromatic N) is 4. The fraction of sp³-hybridized carbons (Fsp3) is 0.500. The summed E-state index contributed by atoms with van der Waals surface area (Å²) in [4.78, 5) is 16.8. The number of nitrogens with two attached hydrogens (primary N) is 1. The molecule has 1 saturated carbocycles. The van der Waals surface area contributed by atoms with Crippen molar-refractivity contribution >= 4 is 25.1 Å². The molecule has 230 valence electrons. The number of nitrogens with one attached hydrogen (secondary N) is 1. The number of nitrogen functional groups attached to an aromatic ring is 1. The quantitative estimate of drug-likeness (QED) is 0.192. The van der Waals surface area contributed by atoms with Crippen LogP contribution in [0, 0.1) is 17.2 Å². The Labute approximate surface area is 248 Å². The minimum absolute atomic E-state index is 0.161. The minimum Gasteiger partial charge on any atom is -0.461 e. The van der Waals surface area contributed by atoms with Gasteiger partial charge in [0.25, 0.3) is 0 Å². The molecule has 0 bridgehead atoms. The van der Waals surface area contributed by atoms with E-state index in [0.717, 1.165) is 25.7 Å². The predicted molar refractivity (Wildman–Crippen MR) is 152 cm³/mol. The molecule has 5 rings (SSSR count). The fourth-order valence-electron chi connectivity index (χ4n) is 5.27. The zero-order chi connectivity index (χ0) is 30.8. The van der Waals surface area contributed by atoms with Gasteiger partial charge in [-0.05, 0) is 62.8 Å². The van der Waals surface area contributed by atoms with Crippen molar-refractivity contribution in [1.82, 2.24) is 19.7 Å². The molecule has 3 heterocycles. The number of rotatable bonds is 10. The van der Waals surface area contributed by atoms with Gasteiger partial charge >= 0.3 is 13.7 Å². The molecular formula is C28H35N6O8P. The number of esters is 1. The van der Waals surface area contributed by atoms with Gasteiger partial charge in [0.2, 0.25) is 5.60 Å². The number of para-hydroxylation sites is 1. The summed E-state index contributed by atoms with van der Waals surface area (Å²) in [6.07, 6.45) is -0.248. The Morgan fingerprint density at radius 1 is 1.26 bits per heavy atom. The van der Waals surface area contributed by atoms with Crippen molar-refractivity contribution in [2.24, 2.45) is 5.92 Å². The molecule has 15 heteroatoms.